The van der Waals surface area contributed by atoms with Crippen molar-refractivity contribution in [1.29, 1.82) is 0 Å². The summed E-state index contributed by atoms with van der Waals surface area (Å²) in [6.45, 7) is 0.579. The number of nitrogens with one attached hydrogen (secondary N) is 2. The molecule has 2 aromatic carbocycles. The van der Waals surface area contributed by atoms with Crippen molar-refractivity contribution in [2.75, 3.05) is 13.7 Å². The zero-order valence-corrected chi connectivity index (χ0v) is 14.7. The van der Waals surface area contributed by atoms with Gasteiger partial charge in [-0.15, -0.1) is 0 Å². The number of aromatic nitrogens is 2. The van der Waals surface area contributed by atoms with Crippen molar-refractivity contribution in [3.05, 3.63) is 76.8 Å². The molecule has 0 atom stereocenters. The van der Waals surface area contributed by atoms with E-state index in [2.05, 4.69) is 10.3 Å². The number of H-pyrrole nitrogens is 1. The molecule has 0 saturated heterocycles. The molecule has 2 N–H and O–H groups in total. The Hall–Kier alpha value is -2.86. The van der Waals surface area contributed by atoms with Gasteiger partial charge in [0.05, 0.1) is 7.11 Å². The molecule has 3 rings (SSSR count). The SMILES string of the molecule is COc1ccc(CCNC(=O)c2ccc(-n3cc[nH]c3=S)cc2)cc1. The van der Waals surface area contributed by atoms with E-state index in [0.717, 1.165) is 23.4 Å². The van der Waals surface area contributed by atoms with Crippen LogP contribution < -0.4 is 10.1 Å². The Morgan fingerprint density at radius 1 is 1.16 bits per heavy atom. The lowest BCUT2D eigenvalue weighted by Crippen LogP contribution is -2.25. The number of hydrogen-bond donors (Lipinski definition) is 2. The minimum absolute atomic E-state index is 0.0854. The largest absolute Gasteiger partial charge is 0.497 e. The highest BCUT2D eigenvalue weighted by atomic mass is 32.1. The van der Waals surface area contributed by atoms with Crippen LogP contribution in [0.4, 0.5) is 0 Å². The summed E-state index contributed by atoms with van der Waals surface area (Å²) < 4.78 is 7.60. The monoisotopic (exact) mass is 353 g/mol. The Labute approximate surface area is 151 Å². The van der Waals surface area contributed by atoms with E-state index in [1.54, 1.807) is 25.4 Å². The Morgan fingerprint density at radius 3 is 2.48 bits per heavy atom. The lowest BCUT2D eigenvalue weighted by Gasteiger charge is -2.07. The van der Waals surface area contributed by atoms with E-state index >= 15 is 0 Å². The molecule has 0 saturated carbocycles. The summed E-state index contributed by atoms with van der Waals surface area (Å²) in [5, 5.41) is 2.94. The third-order valence-corrected chi connectivity index (χ3v) is 4.23. The highest BCUT2D eigenvalue weighted by Crippen LogP contribution is 2.12. The number of rotatable bonds is 6. The first-order valence-electron chi connectivity index (χ1n) is 7.95. The number of aromatic amines is 1. The number of amides is 1. The molecule has 0 radical (unpaired) electrons. The molecular weight excluding hydrogens is 334 g/mol. The van der Waals surface area contributed by atoms with Gasteiger partial charge in [-0.25, -0.2) is 0 Å². The maximum Gasteiger partial charge on any atom is 0.251 e. The number of hydrogen-bond acceptors (Lipinski definition) is 3. The zero-order chi connectivity index (χ0) is 17.6. The number of nitrogens with zero attached hydrogens (tertiary/aromatic N) is 1. The van der Waals surface area contributed by atoms with Gasteiger partial charge in [0.25, 0.3) is 5.91 Å². The molecule has 5 nitrogen and oxygen atoms in total. The molecule has 0 fully saturated rings. The van der Waals surface area contributed by atoms with Gasteiger partial charge in [0.15, 0.2) is 4.77 Å². The number of ether oxygens (including phenoxy) is 1. The lowest BCUT2D eigenvalue weighted by molar-refractivity contribution is 0.0954. The van der Waals surface area contributed by atoms with E-state index in [1.807, 2.05) is 47.2 Å². The summed E-state index contributed by atoms with van der Waals surface area (Å²) in [6, 6.07) is 15.2. The minimum atomic E-state index is -0.0854. The van der Waals surface area contributed by atoms with Gasteiger partial charge < -0.3 is 15.0 Å². The lowest BCUT2D eigenvalue weighted by atomic mass is 10.1. The predicted molar refractivity (Wildman–Crippen MR) is 100.0 cm³/mol. The summed E-state index contributed by atoms with van der Waals surface area (Å²) in [7, 11) is 1.64. The fourth-order valence-electron chi connectivity index (χ4n) is 2.51. The van der Waals surface area contributed by atoms with Crippen LogP contribution >= 0.6 is 12.2 Å². The molecule has 128 valence electrons. The molecule has 0 unspecified atom stereocenters. The summed E-state index contributed by atoms with van der Waals surface area (Å²) in [6.07, 6.45) is 4.40. The van der Waals surface area contributed by atoms with E-state index in [4.69, 9.17) is 17.0 Å². The molecule has 1 heterocycles. The molecular formula is C19H19N3O2S. The first-order chi connectivity index (χ1) is 12.2. The van der Waals surface area contributed by atoms with Gasteiger partial charge in [0, 0.05) is 30.2 Å². The topological polar surface area (TPSA) is 59.0 Å². The molecule has 6 heteroatoms. The second-order valence-electron chi connectivity index (χ2n) is 5.54. The van der Waals surface area contributed by atoms with Crippen LogP contribution in [0.1, 0.15) is 15.9 Å². The summed E-state index contributed by atoms with van der Waals surface area (Å²) in [5.74, 6) is 0.744. The van der Waals surface area contributed by atoms with Crippen LogP contribution in [0.5, 0.6) is 5.75 Å². The molecule has 3 aromatic rings. The molecule has 0 spiro atoms. The minimum Gasteiger partial charge on any atom is -0.497 e. The van der Waals surface area contributed by atoms with Gasteiger partial charge in [-0.05, 0) is 60.6 Å². The van der Waals surface area contributed by atoms with E-state index < -0.39 is 0 Å². The number of imidazole rings is 1. The average Bonchev–Trinajstić information content (AvgIpc) is 3.08. The van der Waals surface area contributed by atoms with Crippen molar-refractivity contribution < 1.29 is 9.53 Å². The molecule has 1 aromatic heterocycles. The van der Waals surface area contributed by atoms with Crippen molar-refractivity contribution in [2.24, 2.45) is 0 Å². The van der Waals surface area contributed by atoms with Crippen molar-refractivity contribution in [3.8, 4) is 11.4 Å². The smallest absolute Gasteiger partial charge is 0.251 e. The van der Waals surface area contributed by atoms with Gasteiger partial charge in [0.1, 0.15) is 5.75 Å². The molecule has 0 aliphatic carbocycles. The molecule has 0 aliphatic heterocycles. The predicted octanol–water partition coefficient (Wildman–Crippen LogP) is 3.52. The van der Waals surface area contributed by atoms with E-state index in [1.165, 1.54) is 0 Å². The Balaban J connectivity index is 1.56. The third-order valence-electron chi connectivity index (χ3n) is 3.92. The van der Waals surface area contributed by atoms with Crippen LogP contribution in [0.3, 0.4) is 0 Å². The van der Waals surface area contributed by atoms with E-state index in [0.29, 0.717) is 16.9 Å². The van der Waals surface area contributed by atoms with E-state index in [9.17, 15) is 4.79 Å². The molecule has 25 heavy (non-hydrogen) atoms. The third kappa shape index (κ3) is 4.16. The van der Waals surface area contributed by atoms with Gasteiger partial charge in [-0.2, -0.15) is 0 Å². The number of carbonyl (C=O) groups is 1. The Bertz CT molecular complexity index is 895. The van der Waals surface area contributed by atoms with Crippen molar-refractivity contribution >= 4 is 18.1 Å². The van der Waals surface area contributed by atoms with E-state index in [-0.39, 0.29) is 5.91 Å². The summed E-state index contributed by atoms with van der Waals surface area (Å²) >= 11 is 5.19. The molecule has 0 aliphatic rings. The number of benzene rings is 2. The van der Waals surface area contributed by atoms with Gasteiger partial charge in [0.2, 0.25) is 0 Å². The molecule has 0 bridgehead atoms. The molecule has 1 amide bonds. The maximum atomic E-state index is 12.2. The van der Waals surface area contributed by atoms with Crippen molar-refractivity contribution in [2.45, 2.75) is 6.42 Å². The first-order valence-corrected chi connectivity index (χ1v) is 8.36. The number of carbonyl (C=O) groups excluding carboxylic acids is 1. The van der Waals surface area contributed by atoms with Gasteiger partial charge >= 0.3 is 0 Å². The van der Waals surface area contributed by atoms with Crippen LogP contribution in [-0.4, -0.2) is 29.1 Å². The van der Waals surface area contributed by atoms with Crippen molar-refractivity contribution in [1.82, 2.24) is 14.9 Å². The van der Waals surface area contributed by atoms with Gasteiger partial charge in [-0.3, -0.25) is 9.36 Å². The highest BCUT2D eigenvalue weighted by molar-refractivity contribution is 7.71. The fourth-order valence-corrected chi connectivity index (χ4v) is 2.75. The first kappa shape index (κ1) is 17.0. The highest BCUT2D eigenvalue weighted by Gasteiger charge is 2.06. The zero-order valence-electron chi connectivity index (χ0n) is 13.9. The van der Waals surface area contributed by atoms with Crippen LogP contribution in [0.2, 0.25) is 0 Å². The Kier molecular flexibility index (Phi) is 5.30. The van der Waals surface area contributed by atoms with Crippen LogP contribution in [-0.2, 0) is 6.42 Å². The normalized spacial score (nSPS) is 10.4. The second-order valence-corrected chi connectivity index (χ2v) is 5.92. The van der Waals surface area contributed by atoms with Crippen LogP contribution in [0, 0.1) is 4.77 Å². The second kappa shape index (κ2) is 7.81. The van der Waals surface area contributed by atoms with Gasteiger partial charge in [-0.1, -0.05) is 12.1 Å². The average molecular weight is 353 g/mol. The fraction of sp³-hybridized carbons (Fsp3) is 0.158. The quantitative estimate of drug-likeness (QED) is 0.667. The summed E-state index contributed by atoms with van der Waals surface area (Å²) in [4.78, 5) is 15.2. The van der Waals surface area contributed by atoms with Crippen LogP contribution in [0.15, 0.2) is 60.9 Å². The standard InChI is InChI=1S/C19H19N3O2S/c1-24-17-8-2-14(3-9-17)10-11-20-18(23)15-4-6-16(7-5-15)22-13-12-21-19(22)25/h2-9,12-13H,10-11H2,1H3,(H,20,23)(H,21,25). The number of methoxy groups -OCH3 is 1. The maximum absolute atomic E-state index is 12.2. The van der Waals surface area contributed by atoms with Crippen LogP contribution in [0.25, 0.3) is 5.69 Å². The van der Waals surface area contributed by atoms with Crippen molar-refractivity contribution in [3.63, 3.8) is 0 Å². The summed E-state index contributed by atoms with van der Waals surface area (Å²) in [5.41, 5.74) is 2.69. The Morgan fingerprint density at radius 2 is 1.88 bits per heavy atom.